The molecule has 0 spiro atoms. The molecule has 1 heterocycles. The first kappa shape index (κ1) is 12.5. The number of nitrogens with zero attached hydrogens (tertiary/aromatic N) is 1. The molecule has 2 nitrogen and oxygen atoms in total. The smallest absolute Gasteiger partial charge is 0.161 e. The fourth-order valence-electron chi connectivity index (χ4n) is 1.40. The third kappa shape index (κ3) is 3.25. The second-order valence-electron chi connectivity index (χ2n) is 3.67. The van der Waals surface area contributed by atoms with Crippen molar-refractivity contribution in [1.82, 2.24) is 0 Å². The summed E-state index contributed by atoms with van der Waals surface area (Å²) in [5, 5.41) is 4.37. The van der Waals surface area contributed by atoms with Gasteiger partial charge in [0.1, 0.15) is 0 Å². The van der Waals surface area contributed by atoms with E-state index in [1.165, 1.54) is 0 Å². The van der Waals surface area contributed by atoms with Crippen LogP contribution in [0.3, 0.4) is 0 Å². The van der Waals surface area contributed by atoms with E-state index in [1.807, 2.05) is 18.2 Å². The molecule has 0 amide bonds. The quantitative estimate of drug-likeness (QED) is 0.794. The van der Waals surface area contributed by atoms with Crippen molar-refractivity contribution in [2.45, 2.75) is 19.4 Å². The first-order valence-corrected chi connectivity index (χ1v) is 7.65. The molecule has 0 saturated heterocycles. The summed E-state index contributed by atoms with van der Waals surface area (Å²) in [6, 6.07) is 6.51. The number of amidine groups is 1. The SMILES string of the molecule is CC1CCSC(Nc2ccc(Br)cc2Br)=N1. The van der Waals surface area contributed by atoms with E-state index >= 15 is 0 Å². The Morgan fingerprint density at radius 1 is 1.44 bits per heavy atom. The highest BCUT2D eigenvalue weighted by Crippen LogP contribution is 2.28. The first-order valence-electron chi connectivity index (χ1n) is 5.08. The van der Waals surface area contributed by atoms with Gasteiger partial charge in [0.2, 0.25) is 0 Å². The van der Waals surface area contributed by atoms with Gasteiger partial charge in [-0.15, -0.1) is 0 Å². The van der Waals surface area contributed by atoms with Crippen LogP contribution in [0, 0.1) is 0 Å². The summed E-state index contributed by atoms with van der Waals surface area (Å²) in [6.07, 6.45) is 1.16. The average Bonchev–Trinajstić information content (AvgIpc) is 2.22. The summed E-state index contributed by atoms with van der Waals surface area (Å²) < 4.78 is 2.11. The van der Waals surface area contributed by atoms with Crippen molar-refractivity contribution in [3.05, 3.63) is 27.1 Å². The Hall–Kier alpha value is -0.0000000000000000555. The highest BCUT2D eigenvalue weighted by Gasteiger charge is 2.12. The highest BCUT2D eigenvalue weighted by atomic mass is 79.9. The Kier molecular flexibility index (Phi) is 4.33. The maximum atomic E-state index is 4.58. The zero-order valence-corrected chi connectivity index (χ0v) is 12.8. The highest BCUT2D eigenvalue weighted by molar-refractivity contribution is 9.11. The van der Waals surface area contributed by atoms with E-state index in [0.29, 0.717) is 6.04 Å². The van der Waals surface area contributed by atoms with Crippen LogP contribution in [0.2, 0.25) is 0 Å². The fraction of sp³-hybridized carbons (Fsp3) is 0.364. The normalized spacial score (nSPS) is 20.4. The maximum absolute atomic E-state index is 4.58. The standard InChI is InChI=1S/C11H12Br2N2S/c1-7-4-5-16-11(14-7)15-10-3-2-8(12)6-9(10)13/h2-3,6-7H,4-5H2,1H3,(H,14,15). The van der Waals surface area contributed by atoms with Gasteiger partial charge in [0.25, 0.3) is 0 Å². The third-order valence-electron chi connectivity index (χ3n) is 2.28. The summed E-state index contributed by atoms with van der Waals surface area (Å²) in [5.74, 6) is 1.14. The van der Waals surface area contributed by atoms with Crippen molar-refractivity contribution in [2.24, 2.45) is 4.99 Å². The fourth-order valence-corrected chi connectivity index (χ4v) is 3.64. The molecule has 86 valence electrons. The van der Waals surface area contributed by atoms with Gasteiger partial charge in [0, 0.05) is 14.7 Å². The molecule has 1 N–H and O–H groups in total. The molecule has 0 saturated carbocycles. The number of halogens is 2. The lowest BCUT2D eigenvalue weighted by Crippen LogP contribution is -2.18. The molecule has 0 fully saturated rings. The van der Waals surface area contributed by atoms with E-state index in [4.69, 9.17) is 0 Å². The summed E-state index contributed by atoms with van der Waals surface area (Å²) in [4.78, 5) is 4.58. The molecule has 0 bridgehead atoms. The molecule has 0 aromatic heterocycles. The third-order valence-corrected chi connectivity index (χ3v) is 4.35. The van der Waals surface area contributed by atoms with E-state index in [-0.39, 0.29) is 0 Å². The summed E-state index contributed by atoms with van der Waals surface area (Å²) in [6.45, 7) is 2.15. The van der Waals surface area contributed by atoms with Crippen LogP contribution in [-0.2, 0) is 0 Å². The lowest BCUT2D eigenvalue weighted by molar-refractivity contribution is 0.720. The predicted octanol–water partition coefficient (Wildman–Crippen LogP) is 4.50. The maximum Gasteiger partial charge on any atom is 0.161 e. The van der Waals surface area contributed by atoms with E-state index < -0.39 is 0 Å². The topological polar surface area (TPSA) is 24.4 Å². The number of rotatable bonds is 1. The molecule has 1 unspecified atom stereocenters. The van der Waals surface area contributed by atoms with Gasteiger partial charge in [0.15, 0.2) is 5.17 Å². The Morgan fingerprint density at radius 3 is 2.94 bits per heavy atom. The Balaban J connectivity index is 2.14. The lowest BCUT2D eigenvalue weighted by atomic mass is 10.3. The first-order chi connectivity index (χ1) is 7.65. The number of hydrogen-bond acceptors (Lipinski definition) is 3. The minimum Gasteiger partial charge on any atom is -0.334 e. The van der Waals surface area contributed by atoms with Crippen molar-refractivity contribution in [1.29, 1.82) is 0 Å². The average molecular weight is 364 g/mol. The summed E-state index contributed by atoms with van der Waals surface area (Å²) >= 11 is 8.75. The van der Waals surface area contributed by atoms with Gasteiger partial charge in [-0.2, -0.15) is 0 Å². The minimum atomic E-state index is 0.429. The molecule has 0 radical (unpaired) electrons. The molecule has 1 atom stereocenters. The Bertz CT molecular complexity index is 420. The molecular weight excluding hydrogens is 352 g/mol. The molecule has 1 aromatic carbocycles. The van der Waals surface area contributed by atoms with Crippen molar-refractivity contribution < 1.29 is 0 Å². The van der Waals surface area contributed by atoms with Gasteiger partial charge in [-0.25, -0.2) is 0 Å². The number of aliphatic imine (C=N–C) groups is 1. The van der Waals surface area contributed by atoms with Gasteiger partial charge in [-0.1, -0.05) is 27.7 Å². The van der Waals surface area contributed by atoms with Crippen LogP contribution in [-0.4, -0.2) is 17.0 Å². The number of nitrogens with one attached hydrogen (secondary N) is 1. The Morgan fingerprint density at radius 2 is 2.25 bits per heavy atom. The number of thioether (sulfide) groups is 1. The van der Waals surface area contributed by atoms with E-state index in [9.17, 15) is 0 Å². The monoisotopic (exact) mass is 362 g/mol. The Labute approximate surface area is 117 Å². The molecule has 2 rings (SSSR count). The second kappa shape index (κ2) is 5.56. The summed E-state index contributed by atoms with van der Waals surface area (Å²) in [5.41, 5.74) is 1.06. The largest absolute Gasteiger partial charge is 0.334 e. The van der Waals surface area contributed by atoms with E-state index in [1.54, 1.807) is 11.8 Å². The van der Waals surface area contributed by atoms with Gasteiger partial charge >= 0.3 is 0 Å². The van der Waals surface area contributed by atoms with E-state index in [2.05, 4.69) is 49.1 Å². The van der Waals surface area contributed by atoms with Crippen LogP contribution in [0.4, 0.5) is 5.69 Å². The van der Waals surface area contributed by atoms with Gasteiger partial charge < -0.3 is 5.32 Å². The van der Waals surface area contributed by atoms with E-state index in [0.717, 1.165) is 32.0 Å². The van der Waals surface area contributed by atoms with Gasteiger partial charge in [0.05, 0.1) is 11.7 Å². The second-order valence-corrected chi connectivity index (χ2v) is 6.52. The van der Waals surface area contributed by atoms with Crippen molar-refractivity contribution in [2.75, 3.05) is 11.1 Å². The number of benzene rings is 1. The zero-order valence-electron chi connectivity index (χ0n) is 8.84. The molecular formula is C11H12Br2N2S. The number of hydrogen-bond donors (Lipinski definition) is 1. The van der Waals surface area contributed by atoms with Crippen LogP contribution in [0.1, 0.15) is 13.3 Å². The zero-order chi connectivity index (χ0) is 11.5. The molecule has 1 aliphatic rings. The minimum absolute atomic E-state index is 0.429. The van der Waals surface area contributed by atoms with Crippen molar-refractivity contribution >= 4 is 54.5 Å². The van der Waals surface area contributed by atoms with Crippen molar-refractivity contribution in [3.63, 3.8) is 0 Å². The van der Waals surface area contributed by atoms with Crippen LogP contribution < -0.4 is 5.32 Å². The molecule has 0 aliphatic carbocycles. The van der Waals surface area contributed by atoms with Crippen LogP contribution in [0.5, 0.6) is 0 Å². The predicted molar refractivity (Wildman–Crippen MR) is 79.4 cm³/mol. The summed E-state index contributed by atoms with van der Waals surface area (Å²) in [7, 11) is 0. The van der Waals surface area contributed by atoms with Gasteiger partial charge in [-0.05, 0) is 47.5 Å². The number of anilines is 1. The molecule has 1 aliphatic heterocycles. The van der Waals surface area contributed by atoms with Crippen LogP contribution in [0.25, 0.3) is 0 Å². The lowest BCUT2D eigenvalue weighted by Gasteiger charge is -2.18. The van der Waals surface area contributed by atoms with Crippen LogP contribution >= 0.6 is 43.6 Å². The van der Waals surface area contributed by atoms with Gasteiger partial charge in [-0.3, -0.25) is 4.99 Å². The van der Waals surface area contributed by atoms with Crippen LogP contribution in [0.15, 0.2) is 32.1 Å². The molecule has 5 heteroatoms. The van der Waals surface area contributed by atoms with Crippen molar-refractivity contribution in [3.8, 4) is 0 Å². The molecule has 1 aromatic rings. The molecule has 16 heavy (non-hydrogen) atoms.